The van der Waals surface area contributed by atoms with Crippen LogP contribution in [0.4, 0.5) is 5.69 Å². The lowest BCUT2D eigenvalue weighted by atomic mass is 9.92. The van der Waals surface area contributed by atoms with Crippen LogP contribution in [0.15, 0.2) is 24.3 Å². The fourth-order valence-electron chi connectivity index (χ4n) is 5.79. The molecule has 0 spiro atoms. The lowest BCUT2D eigenvalue weighted by Gasteiger charge is -2.29. The average Bonchev–Trinajstić information content (AvgIpc) is 3.56. The van der Waals surface area contributed by atoms with Crippen LogP contribution in [-0.4, -0.2) is 71.4 Å². The van der Waals surface area contributed by atoms with Crippen LogP contribution < -0.4 is 15.0 Å². The minimum atomic E-state index is -2.95. The molecule has 1 amide bonds. The molecule has 1 aliphatic heterocycles. The number of carbonyl (C=O) groups excluding carboxylic acids is 1. The van der Waals surface area contributed by atoms with Crippen LogP contribution in [0.5, 0.6) is 5.75 Å². The van der Waals surface area contributed by atoms with Gasteiger partial charge in [-0.15, -0.1) is 10.2 Å². The van der Waals surface area contributed by atoms with Gasteiger partial charge in [-0.25, -0.2) is 12.9 Å². The van der Waals surface area contributed by atoms with E-state index in [9.17, 15) is 13.2 Å². The summed E-state index contributed by atoms with van der Waals surface area (Å²) in [6.45, 7) is 9.45. The number of nitrogens with one attached hydrogen (secondary N) is 2. The van der Waals surface area contributed by atoms with Crippen molar-refractivity contribution in [2.75, 3.05) is 36.0 Å². The van der Waals surface area contributed by atoms with Crippen molar-refractivity contribution in [1.82, 2.24) is 25.1 Å². The normalized spacial score (nSPS) is 15.8. The standard InChI is InChI=1S/C33H51ClN6O4S/c1-5-6-7-8-9-10-11-12-13-14-15-28(44-27-18-16-26(17-19-27)39-20-22-45(42,43)23-21-39)31(41)35-24-33(3,4)32-37-36-30-29(34)25(2)38-40(30)32/h16-19,28,38H,5-15,20-24H2,1-4H3,(H,35,41). The van der Waals surface area contributed by atoms with Gasteiger partial charge in [0, 0.05) is 30.7 Å². The molecule has 3 aromatic rings. The Hall–Kier alpha value is -2.79. The SMILES string of the molecule is CCCCCCCCCCCCC(Oc1ccc(N2CCS(=O)(=O)CC2)cc1)C(=O)NCC(C)(C)c1nnc2c(Cl)c(C)[nH]n12. The van der Waals surface area contributed by atoms with E-state index in [1.54, 1.807) is 4.52 Å². The number of carbonyl (C=O) groups is 1. The highest BCUT2D eigenvalue weighted by Crippen LogP contribution is 2.27. The van der Waals surface area contributed by atoms with Crippen LogP contribution in [0.2, 0.25) is 5.02 Å². The second-order valence-electron chi connectivity index (χ2n) is 13.0. The van der Waals surface area contributed by atoms with Crippen molar-refractivity contribution in [3.05, 3.63) is 40.8 Å². The van der Waals surface area contributed by atoms with E-state index < -0.39 is 21.4 Å². The number of hydrogen-bond acceptors (Lipinski definition) is 7. The molecule has 1 unspecified atom stereocenters. The van der Waals surface area contributed by atoms with Crippen molar-refractivity contribution in [2.24, 2.45) is 0 Å². The number of benzene rings is 1. The topological polar surface area (TPSA) is 122 Å². The number of ether oxygens (including phenoxy) is 1. The lowest BCUT2D eigenvalue weighted by Crippen LogP contribution is -2.44. The van der Waals surface area contributed by atoms with Gasteiger partial charge < -0.3 is 15.0 Å². The molecule has 1 saturated heterocycles. The first kappa shape index (κ1) is 35.1. The van der Waals surface area contributed by atoms with Gasteiger partial charge >= 0.3 is 0 Å². The number of halogens is 1. The predicted molar refractivity (Wildman–Crippen MR) is 181 cm³/mol. The van der Waals surface area contributed by atoms with Gasteiger partial charge in [-0.2, -0.15) is 0 Å². The molecule has 12 heteroatoms. The minimum absolute atomic E-state index is 0.161. The van der Waals surface area contributed by atoms with E-state index in [0.717, 1.165) is 30.6 Å². The highest BCUT2D eigenvalue weighted by Gasteiger charge is 2.31. The number of anilines is 1. The van der Waals surface area contributed by atoms with Gasteiger partial charge in [-0.05, 0) is 44.0 Å². The highest BCUT2D eigenvalue weighted by atomic mass is 35.5. The first-order valence-corrected chi connectivity index (χ1v) is 18.8. The summed E-state index contributed by atoms with van der Waals surface area (Å²) in [7, 11) is -2.95. The van der Waals surface area contributed by atoms with Crippen molar-refractivity contribution in [1.29, 1.82) is 0 Å². The predicted octanol–water partition coefficient (Wildman–Crippen LogP) is 6.41. The Morgan fingerprint density at radius 2 is 1.60 bits per heavy atom. The number of unbranched alkanes of at least 4 members (excludes halogenated alkanes) is 9. The molecular weight excluding hydrogens is 612 g/mol. The Labute approximate surface area is 273 Å². The van der Waals surface area contributed by atoms with Crippen LogP contribution >= 0.6 is 11.6 Å². The van der Waals surface area contributed by atoms with Crippen LogP contribution in [0, 0.1) is 6.92 Å². The molecule has 45 heavy (non-hydrogen) atoms. The molecule has 0 radical (unpaired) electrons. The molecule has 0 bridgehead atoms. The third-order valence-electron chi connectivity index (χ3n) is 8.71. The summed E-state index contributed by atoms with van der Waals surface area (Å²) in [5.74, 6) is 1.47. The second kappa shape index (κ2) is 16.2. The molecule has 2 aromatic heterocycles. The van der Waals surface area contributed by atoms with Gasteiger partial charge in [-0.3, -0.25) is 9.89 Å². The number of amides is 1. The Bertz CT molecular complexity index is 1470. The first-order chi connectivity index (χ1) is 21.5. The molecule has 1 aromatic carbocycles. The molecule has 0 saturated carbocycles. The summed E-state index contributed by atoms with van der Waals surface area (Å²) in [4.78, 5) is 15.6. The molecule has 250 valence electrons. The van der Waals surface area contributed by atoms with Crippen molar-refractivity contribution in [3.8, 4) is 5.75 Å². The van der Waals surface area contributed by atoms with E-state index in [4.69, 9.17) is 16.3 Å². The minimum Gasteiger partial charge on any atom is -0.481 e. The highest BCUT2D eigenvalue weighted by molar-refractivity contribution is 7.91. The average molecular weight is 663 g/mol. The summed E-state index contributed by atoms with van der Waals surface area (Å²) < 4.78 is 31.7. The Morgan fingerprint density at radius 3 is 2.22 bits per heavy atom. The molecule has 10 nitrogen and oxygen atoms in total. The van der Waals surface area contributed by atoms with Crippen LogP contribution in [0.25, 0.3) is 5.65 Å². The van der Waals surface area contributed by atoms with E-state index >= 15 is 0 Å². The van der Waals surface area contributed by atoms with E-state index in [0.29, 0.717) is 48.3 Å². The zero-order chi connectivity index (χ0) is 32.5. The Kier molecular flexibility index (Phi) is 12.6. The quantitative estimate of drug-likeness (QED) is 0.151. The van der Waals surface area contributed by atoms with Crippen LogP contribution in [0.3, 0.4) is 0 Å². The summed E-state index contributed by atoms with van der Waals surface area (Å²) >= 11 is 6.36. The van der Waals surface area contributed by atoms with Crippen molar-refractivity contribution < 1.29 is 17.9 Å². The molecule has 2 N–H and O–H groups in total. The van der Waals surface area contributed by atoms with E-state index in [-0.39, 0.29) is 17.4 Å². The molecule has 4 rings (SSSR count). The summed E-state index contributed by atoms with van der Waals surface area (Å²) in [5, 5.41) is 15.5. The monoisotopic (exact) mass is 662 g/mol. The molecule has 1 atom stereocenters. The van der Waals surface area contributed by atoms with E-state index in [1.165, 1.54) is 44.9 Å². The molecule has 3 heterocycles. The Balaban J connectivity index is 1.35. The number of rotatable bonds is 18. The van der Waals surface area contributed by atoms with Gasteiger partial charge in [0.05, 0.1) is 17.2 Å². The van der Waals surface area contributed by atoms with Gasteiger partial charge in [0.1, 0.15) is 10.8 Å². The van der Waals surface area contributed by atoms with Crippen molar-refractivity contribution in [3.63, 3.8) is 0 Å². The third kappa shape index (κ3) is 9.85. The molecule has 1 fully saturated rings. The number of H-pyrrole nitrogens is 1. The number of fused-ring (bicyclic) bond motifs is 1. The number of aryl methyl sites for hydroxylation is 1. The fourth-order valence-corrected chi connectivity index (χ4v) is 7.15. The lowest BCUT2D eigenvalue weighted by molar-refractivity contribution is -0.128. The molecule has 1 aliphatic rings. The summed E-state index contributed by atoms with van der Waals surface area (Å²) in [5.41, 5.74) is 1.80. The van der Waals surface area contributed by atoms with Crippen LogP contribution in [0.1, 0.15) is 103 Å². The second-order valence-corrected chi connectivity index (χ2v) is 15.7. The smallest absolute Gasteiger partial charge is 0.261 e. The van der Waals surface area contributed by atoms with Crippen molar-refractivity contribution in [2.45, 2.75) is 110 Å². The zero-order valence-corrected chi connectivity index (χ0v) is 29.0. The van der Waals surface area contributed by atoms with E-state index in [1.807, 2.05) is 45.0 Å². The maximum Gasteiger partial charge on any atom is 0.261 e. The zero-order valence-electron chi connectivity index (χ0n) is 27.4. The third-order valence-corrected chi connectivity index (χ3v) is 10.8. The number of aromatic nitrogens is 4. The van der Waals surface area contributed by atoms with Gasteiger partial charge in [0.15, 0.2) is 27.4 Å². The van der Waals surface area contributed by atoms with Gasteiger partial charge in [-0.1, -0.05) is 90.2 Å². The van der Waals surface area contributed by atoms with Gasteiger partial charge in [0.2, 0.25) is 0 Å². The van der Waals surface area contributed by atoms with Crippen molar-refractivity contribution >= 4 is 38.7 Å². The summed E-state index contributed by atoms with van der Waals surface area (Å²) in [6, 6.07) is 7.61. The number of sulfone groups is 1. The maximum absolute atomic E-state index is 13.6. The fraction of sp³-hybridized carbons (Fsp3) is 0.667. The first-order valence-electron chi connectivity index (χ1n) is 16.6. The number of hydrogen-bond donors (Lipinski definition) is 2. The largest absolute Gasteiger partial charge is 0.481 e. The molecular formula is C33H51ClN6O4S. The Morgan fingerprint density at radius 1 is 1.00 bits per heavy atom. The van der Waals surface area contributed by atoms with E-state index in [2.05, 4.69) is 32.4 Å². The molecule has 0 aliphatic carbocycles. The van der Waals surface area contributed by atoms with Gasteiger partial charge in [0.25, 0.3) is 5.91 Å². The number of nitrogens with zero attached hydrogens (tertiary/aromatic N) is 4. The maximum atomic E-state index is 13.6. The van der Waals surface area contributed by atoms with Crippen LogP contribution in [-0.2, 0) is 20.0 Å². The summed E-state index contributed by atoms with van der Waals surface area (Å²) in [6.07, 6.45) is 12.2. The number of aromatic amines is 1.